The van der Waals surface area contributed by atoms with Crippen LogP contribution >= 0.6 is 0 Å². The summed E-state index contributed by atoms with van der Waals surface area (Å²) in [6, 6.07) is 9.96. The molecule has 146 valence electrons. The number of carbonyl (C=O) groups is 1. The second-order valence-electron chi connectivity index (χ2n) is 6.77. The summed E-state index contributed by atoms with van der Waals surface area (Å²) >= 11 is 0. The van der Waals surface area contributed by atoms with Crippen molar-refractivity contribution in [2.75, 3.05) is 19.6 Å². The minimum absolute atomic E-state index is 0.0504. The normalized spacial score (nSPS) is 18.3. The van der Waals surface area contributed by atoms with Crippen LogP contribution in [0.5, 0.6) is 0 Å². The Morgan fingerprint density at radius 1 is 1.30 bits per heavy atom. The van der Waals surface area contributed by atoms with Crippen LogP contribution in [0.25, 0.3) is 0 Å². The lowest BCUT2D eigenvalue weighted by molar-refractivity contribution is -0.126. The van der Waals surface area contributed by atoms with Crippen LogP contribution in [-0.2, 0) is 27.8 Å². The van der Waals surface area contributed by atoms with Gasteiger partial charge in [0.15, 0.2) is 5.03 Å². The first-order valence-electron chi connectivity index (χ1n) is 9.34. The van der Waals surface area contributed by atoms with Gasteiger partial charge >= 0.3 is 0 Å². The summed E-state index contributed by atoms with van der Waals surface area (Å²) in [7, 11) is -3.66. The van der Waals surface area contributed by atoms with E-state index in [4.69, 9.17) is 0 Å². The number of imidazole rings is 1. The van der Waals surface area contributed by atoms with E-state index >= 15 is 0 Å². The Labute approximate surface area is 160 Å². The van der Waals surface area contributed by atoms with Crippen LogP contribution in [0.2, 0.25) is 0 Å². The largest absolute Gasteiger partial charge is 0.355 e. The molecule has 3 rings (SSSR count). The zero-order valence-electron chi connectivity index (χ0n) is 15.5. The van der Waals surface area contributed by atoms with Gasteiger partial charge in [-0.25, -0.2) is 13.4 Å². The Morgan fingerprint density at radius 2 is 2.07 bits per heavy atom. The maximum Gasteiger partial charge on any atom is 0.262 e. The molecule has 0 aliphatic carbocycles. The Hall–Kier alpha value is -2.19. The van der Waals surface area contributed by atoms with Gasteiger partial charge in [-0.15, -0.1) is 0 Å². The molecule has 1 atom stereocenters. The van der Waals surface area contributed by atoms with E-state index in [1.54, 1.807) is 10.8 Å². The van der Waals surface area contributed by atoms with Crippen molar-refractivity contribution in [3.05, 3.63) is 48.4 Å². The molecule has 1 N–H and O–H groups in total. The predicted molar refractivity (Wildman–Crippen MR) is 103 cm³/mol. The lowest BCUT2D eigenvalue weighted by Gasteiger charge is -2.30. The highest BCUT2D eigenvalue weighted by atomic mass is 32.2. The van der Waals surface area contributed by atoms with Gasteiger partial charge in [-0.2, -0.15) is 4.31 Å². The fraction of sp³-hybridized carbons (Fsp3) is 0.474. The molecule has 1 unspecified atom stereocenters. The molecule has 1 saturated heterocycles. The maximum atomic E-state index is 12.8. The summed E-state index contributed by atoms with van der Waals surface area (Å²) in [4.78, 5) is 16.5. The van der Waals surface area contributed by atoms with Gasteiger partial charge < -0.3 is 9.88 Å². The number of piperidine rings is 1. The van der Waals surface area contributed by atoms with Gasteiger partial charge in [-0.1, -0.05) is 30.3 Å². The molecule has 0 radical (unpaired) electrons. The highest BCUT2D eigenvalue weighted by Gasteiger charge is 2.34. The van der Waals surface area contributed by atoms with Crippen LogP contribution in [0.1, 0.15) is 25.3 Å². The molecule has 8 heteroatoms. The third-order valence-electron chi connectivity index (χ3n) is 4.89. The number of rotatable bonds is 7. The van der Waals surface area contributed by atoms with Crippen molar-refractivity contribution in [1.29, 1.82) is 0 Å². The molecular formula is C19H26N4O3S. The van der Waals surface area contributed by atoms with E-state index in [-0.39, 0.29) is 23.4 Å². The van der Waals surface area contributed by atoms with Gasteiger partial charge in [-0.3, -0.25) is 4.79 Å². The standard InChI is InChI=1S/C19H26N4O3S/c1-2-22-14-18(21-15-22)27(25,26)23-12-6-9-17(13-23)19(24)20-11-10-16-7-4-3-5-8-16/h3-5,7-8,14-15,17H,2,6,9-13H2,1H3,(H,20,24). The van der Waals surface area contributed by atoms with Crippen molar-refractivity contribution in [3.63, 3.8) is 0 Å². The van der Waals surface area contributed by atoms with Gasteiger partial charge in [0, 0.05) is 32.4 Å². The molecule has 7 nitrogen and oxygen atoms in total. The molecule has 0 spiro atoms. The van der Waals surface area contributed by atoms with Crippen LogP contribution in [-0.4, -0.2) is 47.8 Å². The summed E-state index contributed by atoms with van der Waals surface area (Å²) in [5, 5.41) is 3.00. The number of nitrogens with zero attached hydrogens (tertiary/aromatic N) is 3. The van der Waals surface area contributed by atoms with Crippen LogP contribution in [0.4, 0.5) is 0 Å². The molecule has 0 saturated carbocycles. The van der Waals surface area contributed by atoms with Crippen molar-refractivity contribution in [3.8, 4) is 0 Å². The first-order valence-corrected chi connectivity index (χ1v) is 10.8. The number of hydrogen-bond acceptors (Lipinski definition) is 4. The molecular weight excluding hydrogens is 364 g/mol. The van der Waals surface area contributed by atoms with Gasteiger partial charge in [0.2, 0.25) is 5.91 Å². The molecule has 2 heterocycles. The van der Waals surface area contributed by atoms with Crippen molar-refractivity contribution >= 4 is 15.9 Å². The maximum absolute atomic E-state index is 12.8. The summed E-state index contributed by atoms with van der Waals surface area (Å²) in [6.45, 7) is 3.77. The fourth-order valence-corrected chi connectivity index (χ4v) is 4.73. The number of benzene rings is 1. The minimum Gasteiger partial charge on any atom is -0.355 e. The Morgan fingerprint density at radius 3 is 2.78 bits per heavy atom. The average molecular weight is 391 g/mol. The van der Waals surface area contributed by atoms with Gasteiger partial charge in [0.1, 0.15) is 0 Å². The van der Waals surface area contributed by atoms with Crippen molar-refractivity contribution in [2.24, 2.45) is 5.92 Å². The lowest BCUT2D eigenvalue weighted by Crippen LogP contribution is -2.45. The quantitative estimate of drug-likeness (QED) is 0.779. The minimum atomic E-state index is -3.66. The Balaban J connectivity index is 1.57. The van der Waals surface area contributed by atoms with E-state index in [1.165, 1.54) is 10.6 Å². The van der Waals surface area contributed by atoms with Gasteiger partial charge in [-0.05, 0) is 31.7 Å². The fourth-order valence-electron chi connectivity index (χ4n) is 3.27. The molecule has 0 bridgehead atoms. The molecule has 1 aromatic carbocycles. The van der Waals surface area contributed by atoms with Gasteiger partial charge in [0.25, 0.3) is 10.0 Å². The second kappa shape index (κ2) is 8.67. The van der Waals surface area contributed by atoms with Gasteiger partial charge in [0.05, 0.1) is 12.2 Å². The zero-order valence-corrected chi connectivity index (χ0v) is 16.4. The number of hydrogen-bond donors (Lipinski definition) is 1. The highest BCUT2D eigenvalue weighted by molar-refractivity contribution is 7.89. The van der Waals surface area contributed by atoms with E-state index in [1.807, 2.05) is 37.3 Å². The topological polar surface area (TPSA) is 84.3 Å². The third kappa shape index (κ3) is 4.75. The number of aryl methyl sites for hydroxylation is 1. The van der Waals surface area contributed by atoms with Crippen LogP contribution in [0.3, 0.4) is 0 Å². The summed E-state index contributed by atoms with van der Waals surface area (Å²) < 4.78 is 28.7. The monoisotopic (exact) mass is 390 g/mol. The molecule has 2 aromatic rings. The van der Waals surface area contributed by atoms with E-state index in [0.717, 1.165) is 12.0 Å². The predicted octanol–water partition coefficient (Wildman–Crippen LogP) is 1.66. The van der Waals surface area contributed by atoms with E-state index in [0.29, 0.717) is 32.5 Å². The average Bonchev–Trinajstić information content (AvgIpc) is 3.19. The number of carbonyl (C=O) groups excluding carboxylic acids is 1. The molecule has 1 aromatic heterocycles. The smallest absolute Gasteiger partial charge is 0.262 e. The Kier molecular flexibility index (Phi) is 6.28. The third-order valence-corrected chi connectivity index (χ3v) is 6.64. The Bertz CT molecular complexity index is 864. The van der Waals surface area contributed by atoms with E-state index in [9.17, 15) is 13.2 Å². The lowest BCUT2D eigenvalue weighted by atomic mass is 9.99. The first kappa shape index (κ1) is 19.6. The first-order chi connectivity index (χ1) is 13.0. The molecule has 27 heavy (non-hydrogen) atoms. The van der Waals surface area contributed by atoms with Crippen molar-refractivity contribution in [2.45, 2.75) is 37.8 Å². The molecule has 1 aliphatic rings. The van der Waals surface area contributed by atoms with Crippen LogP contribution in [0.15, 0.2) is 47.9 Å². The summed E-state index contributed by atoms with van der Waals surface area (Å²) in [5.41, 5.74) is 1.16. The summed E-state index contributed by atoms with van der Waals surface area (Å²) in [6.07, 6.45) is 5.19. The van der Waals surface area contributed by atoms with Crippen LogP contribution < -0.4 is 5.32 Å². The SMILES string of the molecule is CCn1cnc(S(=O)(=O)N2CCCC(C(=O)NCCc3ccccc3)C2)c1. The molecule has 1 aliphatic heterocycles. The number of amides is 1. The zero-order chi connectivity index (χ0) is 19.3. The molecule has 1 amide bonds. The van der Waals surface area contributed by atoms with Crippen molar-refractivity contribution in [1.82, 2.24) is 19.2 Å². The van der Waals surface area contributed by atoms with Crippen molar-refractivity contribution < 1.29 is 13.2 Å². The molecule has 1 fully saturated rings. The van der Waals surface area contributed by atoms with E-state index < -0.39 is 10.0 Å². The highest BCUT2D eigenvalue weighted by Crippen LogP contribution is 2.23. The second-order valence-corrected chi connectivity index (χ2v) is 8.66. The number of nitrogens with one attached hydrogen (secondary N) is 1. The van der Waals surface area contributed by atoms with Crippen LogP contribution in [0, 0.1) is 5.92 Å². The summed E-state index contributed by atoms with van der Waals surface area (Å²) in [5.74, 6) is -0.400. The number of sulfonamides is 1. The van der Waals surface area contributed by atoms with E-state index in [2.05, 4.69) is 10.3 Å². The number of aromatic nitrogens is 2.